The van der Waals surface area contributed by atoms with Gasteiger partial charge in [0.15, 0.2) is 10.5 Å². The van der Waals surface area contributed by atoms with Crippen LogP contribution < -0.4 is 0 Å². The average molecular weight is 301 g/mol. The van der Waals surface area contributed by atoms with Crippen LogP contribution >= 0.6 is 11.3 Å². The van der Waals surface area contributed by atoms with Crippen LogP contribution in [0.2, 0.25) is 0 Å². The maximum absolute atomic E-state index is 12.0. The topological polar surface area (TPSA) is 71.5 Å². The van der Waals surface area contributed by atoms with Gasteiger partial charge >= 0.3 is 0 Å². The molecule has 0 radical (unpaired) electrons. The summed E-state index contributed by atoms with van der Waals surface area (Å²) in [4.78, 5) is 25.2. The van der Waals surface area contributed by atoms with Crippen molar-refractivity contribution in [2.24, 2.45) is 0 Å². The molecule has 1 amide bonds. The van der Waals surface area contributed by atoms with Crippen molar-refractivity contribution in [2.75, 3.05) is 6.54 Å². The van der Waals surface area contributed by atoms with E-state index in [-0.39, 0.29) is 5.78 Å². The smallest absolute Gasteiger partial charge is 0.259 e. The molecule has 0 atom stereocenters. The van der Waals surface area contributed by atoms with Crippen molar-refractivity contribution in [2.45, 2.75) is 31.9 Å². The Kier molecular flexibility index (Phi) is 3.30. The summed E-state index contributed by atoms with van der Waals surface area (Å²) in [6.07, 6.45) is 0.825. The SMILES string of the molecule is CCc1ccc(C(=O)CN2C(=O)C(C)(C)S2(=O)=O)s1. The molecule has 1 aliphatic heterocycles. The van der Waals surface area contributed by atoms with Crippen molar-refractivity contribution in [3.63, 3.8) is 0 Å². The van der Waals surface area contributed by atoms with Crippen LogP contribution in [0.3, 0.4) is 0 Å². The van der Waals surface area contributed by atoms with E-state index in [2.05, 4.69) is 0 Å². The number of Topliss-reactive ketones (excluding diaryl/α,β-unsaturated/α-hetero) is 1. The Hall–Kier alpha value is -1.21. The molecule has 1 aliphatic rings. The highest BCUT2D eigenvalue weighted by Gasteiger charge is 2.60. The van der Waals surface area contributed by atoms with Crippen molar-refractivity contribution >= 4 is 33.1 Å². The maximum atomic E-state index is 12.0. The molecule has 0 aliphatic carbocycles. The third-order valence-electron chi connectivity index (χ3n) is 3.25. The Morgan fingerprint density at radius 2 is 2.00 bits per heavy atom. The molecule has 104 valence electrons. The molecule has 7 heteroatoms. The van der Waals surface area contributed by atoms with Crippen LogP contribution in [-0.2, 0) is 21.2 Å². The van der Waals surface area contributed by atoms with Crippen molar-refractivity contribution in [1.29, 1.82) is 0 Å². The minimum atomic E-state index is -3.68. The lowest BCUT2D eigenvalue weighted by molar-refractivity contribution is -0.131. The van der Waals surface area contributed by atoms with E-state index in [1.807, 2.05) is 13.0 Å². The fraction of sp³-hybridized carbons (Fsp3) is 0.500. The number of ketones is 1. The van der Waals surface area contributed by atoms with Crippen molar-refractivity contribution in [1.82, 2.24) is 4.31 Å². The molecule has 2 heterocycles. The van der Waals surface area contributed by atoms with Crippen molar-refractivity contribution in [3.8, 4) is 0 Å². The van der Waals surface area contributed by atoms with Crippen LogP contribution in [0.5, 0.6) is 0 Å². The third kappa shape index (κ3) is 2.01. The van der Waals surface area contributed by atoms with Gasteiger partial charge < -0.3 is 0 Å². The number of carbonyl (C=O) groups excluding carboxylic acids is 2. The molecular weight excluding hydrogens is 286 g/mol. The van der Waals surface area contributed by atoms with Gasteiger partial charge in [0.25, 0.3) is 15.9 Å². The van der Waals surface area contributed by atoms with Crippen LogP contribution in [0.15, 0.2) is 12.1 Å². The molecule has 19 heavy (non-hydrogen) atoms. The van der Waals surface area contributed by atoms with Gasteiger partial charge in [-0.3, -0.25) is 9.59 Å². The number of nitrogens with zero attached hydrogens (tertiary/aromatic N) is 1. The summed E-state index contributed by atoms with van der Waals surface area (Å²) in [6, 6.07) is 3.52. The second-order valence-corrected chi connectivity index (χ2v) is 8.45. The lowest BCUT2D eigenvalue weighted by atomic mass is 10.2. The lowest BCUT2D eigenvalue weighted by Crippen LogP contribution is -2.68. The van der Waals surface area contributed by atoms with Gasteiger partial charge in [0, 0.05) is 4.88 Å². The third-order valence-corrected chi connectivity index (χ3v) is 6.86. The van der Waals surface area contributed by atoms with Gasteiger partial charge in [-0.25, -0.2) is 12.7 Å². The molecule has 0 bridgehead atoms. The number of hydrogen-bond donors (Lipinski definition) is 0. The van der Waals surface area contributed by atoms with E-state index in [0.717, 1.165) is 11.3 Å². The van der Waals surface area contributed by atoms with Gasteiger partial charge in [-0.1, -0.05) is 6.92 Å². The van der Waals surface area contributed by atoms with E-state index in [1.165, 1.54) is 25.2 Å². The Balaban J connectivity index is 2.15. The summed E-state index contributed by atoms with van der Waals surface area (Å²) in [5.41, 5.74) is 0. The van der Waals surface area contributed by atoms with Crippen molar-refractivity contribution in [3.05, 3.63) is 21.9 Å². The summed E-state index contributed by atoms with van der Waals surface area (Å²) in [6.45, 7) is 4.29. The maximum Gasteiger partial charge on any atom is 0.259 e. The van der Waals surface area contributed by atoms with Gasteiger partial charge in [-0.2, -0.15) is 0 Å². The summed E-state index contributed by atoms with van der Waals surface area (Å²) in [5.74, 6) is -0.856. The minimum Gasteiger partial charge on any atom is -0.291 e. The highest BCUT2D eigenvalue weighted by atomic mass is 32.2. The number of thiophene rings is 1. The molecular formula is C12H15NO4S2. The Morgan fingerprint density at radius 1 is 1.37 bits per heavy atom. The van der Waals surface area contributed by atoms with Crippen LogP contribution in [0, 0.1) is 0 Å². The number of aryl methyl sites for hydroxylation is 1. The molecule has 1 aromatic rings. The Bertz CT molecular complexity index is 642. The highest BCUT2D eigenvalue weighted by Crippen LogP contribution is 2.35. The predicted octanol–water partition coefficient (Wildman–Crippen LogP) is 1.44. The van der Waals surface area contributed by atoms with Crippen LogP contribution in [0.1, 0.15) is 35.3 Å². The van der Waals surface area contributed by atoms with Gasteiger partial charge in [0.1, 0.15) is 6.54 Å². The van der Waals surface area contributed by atoms with Crippen LogP contribution in [0.4, 0.5) is 0 Å². The largest absolute Gasteiger partial charge is 0.291 e. The molecule has 1 saturated heterocycles. The number of sulfonamides is 1. The molecule has 0 spiro atoms. The van der Waals surface area contributed by atoms with Crippen LogP contribution in [0.25, 0.3) is 0 Å². The monoisotopic (exact) mass is 301 g/mol. The number of amides is 1. The second-order valence-electron chi connectivity index (χ2n) is 4.87. The average Bonchev–Trinajstić information content (AvgIpc) is 2.83. The molecule has 0 N–H and O–H groups in total. The molecule has 0 aromatic carbocycles. The summed E-state index contributed by atoms with van der Waals surface area (Å²) in [5, 5.41) is 0. The number of carbonyl (C=O) groups is 2. The Morgan fingerprint density at radius 3 is 2.47 bits per heavy atom. The predicted molar refractivity (Wildman–Crippen MR) is 72.7 cm³/mol. The molecule has 2 rings (SSSR count). The second kappa shape index (κ2) is 4.42. The fourth-order valence-electron chi connectivity index (χ4n) is 1.84. The first kappa shape index (κ1) is 14.2. The molecule has 1 aromatic heterocycles. The standard InChI is InChI=1S/C12H15NO4S2/c1-4-8-5-6-10(18-8)9(14)7-13-11(15)12(2,3)19(13,16)17/h5-6H,4,7H2,1-3H3. The zero-order valence-electron chi connectivity index (χ0n) is 11.0. The lowest BCUT2D eigenvalue weighted by Gasteiger charge is -2.42. The first-order chi connectivity index (χ1) is 8.71. The van der Waals surface area contributed by atoms with E-state index < -0.39 is 27.2 Å². The van der Waals surface area contributed by atoms with Gasteiger partial charge in [0.2, 0.25) is 0 Å². The van der Waals surface area contributed by atoms with Gasteiger partial charge in [-0.05, 0) is 32.4 Å². The Labute approximate surface area is 116 Å². The zero-order valence-corrected chi connectivity index (χ0v) is 12.6. The molecule has 5 nitrogen and oxygen atoms in total. The van der Waals surface area contributed by atoms with E-state index >= 15 is 0 Å². The molecule has 1 fully saturated rings. The summed E-state index contributed by atoms with van der Waals surface area (Å²) >= 11 is 1.34. The summed E-state index contributed by atoms with van der Waals surface area (Å²) < 4.78 is 23.0. The molecule has 0 saturated carbocycles. The first-order valence-corrected chi connectivity index (χ1v) is 8.16. The fourth-order valence-corrected chi connectivity index (χ4v) is 4.20. The van der Waals surface area contributed by atoms with E-state index in [9.17, 15) is 18.0 Å². The quantitative estimate of drug-likeness (QED) is 0.789. The van der Waals surface area contributed by atoms with E-state index in [0.29, 0.717) is 9.18 Å². The number of hydrogen-bond acceptors (Lipinski definition) is 5. The van der Waals surface area contributed by atoms with Gasteiger partial charge in [-0.15, -0.1) is 11.3 Å². The normalized spacial score (nSPS) is 20.2. The van der Waals surface area contributed by atoms with Crippen molar-refractivity contribution < 1.29 is 18.0 Å². The summed E-state index contributed by atoms with van der Waals surface area (Å²) in [7, 11) is -3.68. The minimum absolute atomic E-state index is 0.336. The van der Waals surface area contributed by atoms with Gasteiger partial charge in [0.05, 0.1) is 4.88 Å². The van der Waals surface area contributed by atoms with E-state index in [4.69, 9.17) is 0 Å². The van der Waals surface area contributed by atoms with E-state index in [1.54, 1.807) is 6.07 Å². The first-order valence-electron chi connectivity index (χ1n) is 5.90. The highest BCUT2D eigenvalue weighted by molar-refractivity contribution is 7.94. The zero-order chi connectivity index (χ0) is 14.4. The number of rotatable bonds is 4. The van der Waals surface area contributed by atoms with Crippen LogP contribution in [-0.4, -0.2) is 35.7 Å². The molecule has 0 unspecified atom stereocenters.